The van der Waals surface area contributed by atoms with Gasteiger partial charge in [0.25, 0.3) is 5.91 Å². The smallest absolute Gasteiger partial charge is 0.262 e. The lowest BCUT2D eigenvalue weighted by Crippen LogP contribution is -2.44. The number of hydrogen-bond acceptors (Lipinski definition) is 3. The Balaban J connectivity index is 1.50. The quantitative estimate of drug-likeness (QED) is 0.383. The lowest BCUT2D eigenvalue weighted by atomic mass is 9.77. The van der Waals surface area contributed by atoms with Crippen molar-refractivity contribution in [1.29, 1.82) is 0 Å². The molecule has 0 spiro atoms. The largest absolute Gasteiger partial charge is 0.488 e. The summed E-state index contributed by atoms with van der Waals surface area (Å²) < 4.78 is 8.14. The van der Waals surface area contributed by atoms with E-state index in [0.29, 0.717) is 34.7 Å². The first-order chi connectivity index (χ1) is 15.5. The van der Waals surface area contributed by atoms with Crippen LogP contribution < -0.4 is 4.74 Å². The lowest BCUT2D eigenvalue weighted by molar-refractivity contribution is 0.0629. The number of ether oxygens (including phenoxy) is 1. The maximum Gasteiger partial charge on any atom is 0.262 e. The molecule has 3 aromatic carbocycles. The minimum atomic E-state index is -0.310. The van der Waals surface area contributed by atoms with Crippen LogP contribution in [0.15, 0.2) is 66.7 Å². The van der Waals surface area contributed by atoms with Crippen LogP contribution in [0.1, 0.15) is 37.5 Å². The molecule has 32 heavy (non-hydrogen) atoms. The summed E-state index contributed by atoms with van der Waals surface area (Å²) in [6.45, 7) is 1.90. The van der Waals surface area contributed by atoms with Crippen LogP contribution in [0, 0.1) is 12.8 Å². The second-order valence-corrected chi connectivity index (χ2v) is 8.99. The Morgan fingerprint density at radius 1 is 1.03 bits per heavy atom. The summed E-state index contributed by atoms with van der Waals surface area (Å²) in [7, 11) is 0. The van der Waals surface area contributed by atoms with E-state index >= 15 is 0 Å². The van der Waals surface area contributed by atoms with Crippen LogP contribution in [-0.2, 0) is 12.8 Å². The average Bonchev–Trinajstić information content (AvgIpc) is 3.13. The molecule has 0 fully saturated rings. The van der Waals surface area contributed by atoms with Crippen molar-refractivity contribution in [3.8, 4) is 5.75 Å². The predicted molar refractivity (Wildman–Crippen MR) is 124 cm³/mol. The minimum absolute atomic E-state index is 0.0633. The van der Waals surface area contributed by atoms with Crippen LogP contribution in [0.2, 0.25) is 5.02 Å². The van der Waals surface area contributed by atoms with Crippen molar-refractivity contribution in [2.45, 2.75) is 25.9 Å². The van der Waals surface area contributed by atoms with Crippen molar-refractivity contribution in [2.75, 3.05) is 0 Å². The molecule has 2 aliphatic rings. The highest BCUT2D eigenvalue weighted by molar-refractivity contribution is 6.32. The van der Waals surface area contributed by atoms with E-state index < -0.39 is 0 Å². The van der Waals surface area contributed by atoms with Crippen molar-refractivity contribution in [3.63, 3.8) is 0 Å². The van der Waals surface area contributed by atoms with Crippen LogP contribution in [0.4, 0.5) is 0 Å². The number of benzene rings is 3. The third kappa shape index (κ3) is 2.76. The standard InChI is InChI=1S/C27H20ClNO3/c1-15-11-24-20(13-21(15)28)26(30)19-12-18-17-9-5-6-10-22(17)29(23(18)14-25(19)32-24)27(31)16-7-3-2-4-8-16/h2-11,13,19,25H,12,14H2,1H3/t19-,25-/m1/s1. The number of ketones is 1. The number of nitrogens with zero attached hydrogens (tertiary/aromatic N) is 1. The van der Waals surface area contributed by atoms with Crippen LogP contribution in [0.3, 0.4) is 0 Å². The average molecular weight is 442 g/mol. The summed E-state index contributed by atoms with van der Waals surface area (Å²) in [6.07, 6.45) is 0.731. The third-order valence-electron chi connectivity index (χ3n) is 6.72. The van der Waals surface area contributed by atoms with E-state index in [9.17, 15) is 9.59 Å². The lowest BCUT2D eigenvalue weighted by Gasteiger charge is -2.36. The van der Waals surface area contributed by atoms with Gasteiger partial charge in [0, 0.05) is 28.1 Å². The highest BCUT2D eigenvalue weighted by atomic mass is 35.5. The monoisotopic (exact) mass is 441 g/mol. The number of aryl methyl sites for hydroxylation is 1. The first kappa shape index (κ1) is 19.3. The summed E-state index contributed by atoms with van der Waals surface area (Å²) in [5.41, 5.74) is 4.92. The molecule has 0 saturated carbocycles. The molecule has 0 bridgehead atoms. The van der Waals surface area contributed by atoms with Gasteiger partial charge < -0.3 is 4.74 Å². The van der Waals surface area contributed by atoms with Crippen molar-refractivity contribution < 1.29 is 14.3 Å². The van der Waals surface area contributed by atoms with E-state index in [4.69, 9.17) is 16.3 Å². The molecule has 0 unspecified atom stereocenters. The molecule has 158 valence electrons. The van der Waals surface area contributed by atoms with Crippen LogP contribution in [0.25, 0.3) is 10.9 Å². The van der Waals surface area contributed by atoms with Gasteiger partial charge in [-0.15, -0.1) is 0 Å². The summed E-state index contributed by atoms with van der Waals surface area (Å²) in [5, 5.41) is 1.59. The van der Waals surface area contributed by atoms with E-state index in [1.54, 1.807) is 6.07 Å². The second kappa shape index (κ2) is 7.07. The number of rotatable bonds is 1. The van der Waals surface area contributed by atoms with Gasteiger partial charge in [-0.1, -0.05) is 48.0 Å². The molecule has 1 aliphatic heterocycles. The Morgan fingerprint density at radius 3 is 2.59 bits per heavy atom. The number of halogens is 1. The van der Waals surface area contributed by atoms with Gasteiger partial charge in [-0.05, 0) is 54.8 Å². The maximum absolute atomic E-state index is 13.5. The molecule has 5 heteroatoms. The van der Waals surface area contributed by atoms with Crippen molar-refractivity contribution >= 4 is 34.2 Å². The first-order valence-corrected chi connectivity index (χ1v) is 11.1. The van der Waals surface area contributed by atoms with Crippen molar-refractivity contribution in [2.24, 2.45) is 5.92 Å². The fraction of sp³-hybridized carbons (Fsp3) is 0.185. The molecule has 0 radical (unpaired) electrons. The first-order valence-electron chi connectivity index (χ1n) is 10.7. The zero-order valence-electron chi connectivity index (χ0n) is 17.5. The molecule has 0 amide bonds. The number of hydrogen-bond donors (Lipinski definition) is 0. The van der Waals surface area contributed by atoms with Crippen molar-refractivity contribution in [1.82, 2.24) is 4.57 Å². The highest BCUT2D eigenvalue weighted by Gasteiger charge is 2.43. The molecule has 1 aliphatic carbocycles. The molecule has 2 atom stereocenters. The van der Waals surface area contributed by atoms with E-state index in [-0.39, 0.29) is 23.7 Å². The zero-order chi connectivity index (χ0) is 22.0. The van der Waals surface area contributed by atoms with E-state index in [0.717, 1.165) is 27.7 Å². The van der Waals surface area contributed by atoms with Crippen molar-refractivity contribution in [3.05, 3.63) is 99.7 Å². The van der Waals surface area contributed by atoms with Gasteiger partial charge in [-0.25, -0.2) is 0 Å². The van der Waals surface area contributed by atoms with Gasteiger partial charge in [0.1, 0.15) is 11.9 Å². The van der Waals surface area contributed by atoms with Gasteiger partial charge in [-0.3, -0.25) is 14.2 Å². The number of carbonyl (C=O) groups excluding carboxylic acids is 2. The van der Waals surface area contributed by atoms with E-state index in [1.807, 2.05) is 72.2 Å². The number of aromatic nitrogens is 1. The Bertz CT molecular complexity index is 1420. The van der Waals surface area contributed by atoms with Gasteiger partial charge in [0.2, 0.25) is 0 Å². The molecule has 1 aromatic heterocycles. The Kier molecular flexibility index (Phi) is 4.27. The molecular weight excluding hydrogens is 422 g/mol. The topological polar surface area (TPSA) is 48.3 Å². The molecule has 4 aromatic rings. The highest BCUT2D eigenvalue weighted by Crippen LogP contribution is 2.42. The fourth-order valence-electron chi connectivity index (χ4n) is 5.12. The number of Topliss-reactive ketones (excluding diaryl/α,β-unsaturated/α-hetero) is 1. The summed E-state index contributed by atoms with van der Waals surface area (Å²) in [6, 6.07) is 20.8. The molecular formula is C27H20ClNO3. The minimum Gasteiger partial charge on any atom is -0.488 e. The normalized spacial score (nSPS) is 19.1. The Morgan fingerprint density at radius 2 is 1.78 bits per heavy atom. The molecule has 0 saturated heterocycles. The summed E-state index contributed by atoms with van der Waals surface area (Å²) in [5.74, 6) is 0.292. The van der Waals surface area contributed by atoms with Gasteiger partial charge >= 0.3 is 0 Å². The number of carbonyl (C=O) groups is 2. The maximum atomic E-state index is 13.5. The molecule has 0 N–H and O–H groups in total. The Labute approximate surface area is 190 Å². The zero-order valence-corrected chi connectivity index (χ0v) is 18.2. The van der Waals surface area contributed by atoms with Gasteiger partial charge in [0.05, 0.1) is 17.0 Å². The van der Waals surface area contributed by atoms with Crippen LogP contribution in [0.5, 0.6) is 5.75 Å². The fourth-order valence-corrected chi connectivity index (χ4v) is 5.28. The third-order valence-corrected chi connectivity index (χ3v) is 7.13. The van der Waals surface area contributed by atoms with E-state index in [2.05, 4.69) is 0 Å². The van der Waals surface area contributed by atoms with Gasteiger partial charge in [0.15, 0.2) is 5.78 Å². The van der Waals surface area contributed by atoms with Crippen LogP contribution >= 0.6 is 11.6 Å². The predicted octanol–water partition coefficient (Wildman–Crippen LogP) is 5.65. The van der Waals surface area contributed by atoms with Crippen LogP contribution in [-0.4, -0.2) is 22.4 Å². The molecule has 4 nitrogen and oxygen atoms in total. The summed E-state index contributed by atoms with van der Waals surface area (Å²) >= 11 is 6.29. The second-order valence-electron chi connectivity index (χ2n) is 8.58. The molecule has 6 rings (SSSR count). The number of para-hydroxylation sites is 1. The van der Waals surface area contributed by atoms with E-state index in [1.165, 1.54) is 0 Å². The Hall–Kier alpha value is -3.37. The number of fused-ring (bicyclic) bond motifs is 5. The SMILES string of the molecule is Cc1cc2c(cc1Cl)C(=O)[C@@H]1Cc3c(n(C(=O)c4ccccc4)c4ccccc34)C[C@H]1O2. The molecule has 2 heterocycles. The van der Waals surface area contributed by atoms with Gasteiger partial charge in [-0.2, -0.15) is 0 Å². The summed E-state index contributed by atoms with van der Waals surface area (Å²) in [4.78, 5) is 26.9.